The highest BCUT2D eigenvalue weighted by atomic mass is 19.4. The van der Waals surface area contributed by atoms with Crippen LogP contribution >= 0.6 is 0 Å². The maximum atomic E-state index is 13.5. The lowest BCUT2D eigenvalue weighted by atomic mass is 10.0. The minimum atomic E-state index is -4.68. The quantitative estimate of drug-likeness (QED) is 0.137. The number of rotatable bonds is 12. The van der Waals surface area contributed by atoms with Gasteiger partial charge in [-0.15, -0.1) is 0 Å². The number of aliphatic carboxylic acids is 1. The molecule has 0 aliphatic rings. The van der Waals surface area contributed by atoms with Crippen molar-refractivity contribution in [3.8, 4) is 28.4 Å². The van der Waals surface area contributed by atoms with Gasteiger partial charge in [-0.25, -0.2) is 0 Å². The molecule has 0 heterocycles. The van der Waals surface area contributed by atoms with E-state index in [-0.39, 0.29) is 29.1 Å². The molecule has 0 saturated carbocycles. The van der Waals surface area contributed by atoms with Gasteiger partial charge in [-0.2, -0.15) is 13.2 Å². The Morgan fingerprint density at radius 2 is 1.32 bits per heavy atom. The van der Waals surface area contributed by atoms with E-state index in [0.717, 1.165) is 22.1 Å². The zero-order valence-corrected chi connectivity index (χ0v) is 27.2. The second-order valence-corrected chi connectivity index (χ2v) is 11.5. The molecule has 0 spiro atoms. The van der Waals surface area contributed by atoms with Crippen LogP contribution in [0.2, 0.25) is 0 Å². The number of hydrogen-bond donors (Lipinski definition) is 2. The number of alkyl halides is 3. The topological polar surface area (TPSA) is 105 Å². The molecule has 0 unspecified atom stereocenters. The molecule has 8 nitrogen and oxygen atoms in total. The molecular formula is C39H33F3N2O6. The summed E-state index contributed by atoms with van der Waals surface area (Å²) in [5.74, 6) is -1.24. The van der Waals surface area contributed by atoms with Crippen LogP contribution in [0.15, 0.2) is 115 Å². The Balaban J connectivity index is 1.20. The van der Waals surface area contributed by atoms with E-state index in [1.165, 1.54) is 49.1 Å². The minimum Gasteiger partial charge on any atom is -0.497 e. The van der Waals surface area contributed by atoms with Crippen molar-refractivity contribution in [3.05, 3.63) is 143 Å². The van der Waals surface area contributed by atoms with Crippen LogP contribution in [0, 0.1) is 6.92 Å². The van der Waals surface area contributed by atoms with E-state index >= 15 is 0 Å². The normalized spacial score (nSPS) is 11.1. The third-order valence-corrected chi connectivity index (χ3v) is 7.77. The van der Waals surface area contributed by atoms with E-state index in [0.29, 0.717) is 17.1 Å². The lowest BCUT2D eigenvalue weighted by Crippen LogP contribution is -2.35. The maximum absolute atomic E-state index is 13.5. The number of nitrogens with zero attached hydrogens (tertiary/aromatic N) is 1. The van der Waals surface area contributed by atoms with Gasteiger partial charge >= 0.3 is 12.1 Å². The molecule has 2 N–H and O–H groups in total. The molecule has 0 atom stereocenters. The molecule has 0 aliphatic carbocycles. The number of aryl methyl sites for hydroxylation is 1. The minimum absolute atomic E-state index is 0.00144. The first-order valence-electron chi connectivity index (χ1n) is 15.5. The Hall–Kier alpha value is -6.10. The molecule has 5 rings (SSSR count). The Labute approximate surface area is 286 Å². The Kier molecular flexibility index (Phi) is 10.9. The molecule has 0 aromatic heterocycles. The van der Waals surface area contributed by atoms with Crippen LogP contribution in [0.5, 0.6) is 17.2 Å². The highest BCUT2D eigenvalue weighted by molar-refractivity contribution is 5.97. The van der Waals surface area contributed by atoms with Crippen molar-refractivity contribution in [2.24, 2.45) is 0 Å². The van der Waals surface area contributed by atoms with Gasteiger partial charge in [0.25, 0.3) is 5.91 Å². The number of nitrogens with one attached hydrogen (secondary N) is 1. The fraction of sp³-hybridized carbons (Fsp3) is 0.154. The molecule has 0 bridgehead atoms. The summed E-state index contributed by atoms with van der Waals surface area (Å²) in [5.41, 5.74) is 3.22. The average Bonchev–Trinajstić information content (AvgIpc) is 3.09. The summed E-state index contributed by atoms with van der Waals surface area (Å²) < 4.78 is 51.5. The number of carboxylic acid groups (broad SMARTS) is 1. The molecule has 0 saturated heterocycles. The van der Waals surface area contributed by atoms with E-state index in [1.54, 1.807) is 24.3 Å². The van der Waals surface area contributed by atoms with E-state index < -0.39 is 42.5 Å². The maximum Gasteiger partial charge on any atom is 0.416 e. The monoisotopic (exact) mass is 682 g/mol. The molecule has 0 aliphatic heterocycles. The molecule has 2 amide bonds. The van der Waals surface area contributed by atoms with Crippen LogP contribution < -0.4 is 14.8 Å². The van der Waals surface area contributed by atoms with Crippen LogP contribution in [0.3, 0.4) is 0 Å². The SMILES string of the molecule is COc1ccc(CC(=O)Nc2ccc(C(=O)N(CC(=O)O)Cc3ccc(Oc4ccc(-c5ccc(C)cc5)cc4)cc3)cc2)c(C(F)(F)F)c1. The first-order chi connectivity index (χ1) is 23.9. The Bertz CT molecular complexity index is 1960. The summed E-state index contributed by atoms with van der Waals surface area (Å²) in [5, 5.41) is 12.0. The number of halogens is 3. The van der Waals surface area contributed by atoms with Gasteiger partial charge in [0.2, 0.25) is 5.91 Å². The van der Waals surface area contributed by atoms with Gasteiger partial charge in [0.1, 0.15) is 23.8 Å². The van der Waals surface area contributed by atoms with Crippen LogP contribution in [0.1, 0.15) is 32.6 Å². The number of anilines is 1. The third kappa shape index (κ3) is 9.28. The fourth-order valence-electron chi connectivity index (χ4n) is 5.20. The Morgan fingerprint density at radius 1 is 0.760 bits per heavy atom. The van der Waals surface area contributed by atoms with Crippen LogP contribution in [0.25, 0.3) is 11.1 Å². The summed E-state index contributed by atoms with van der Waals surface area (Å²) >= 11 is 0. The van der Waals surface area contributed by atoms with Crippen LogP contribution in [0.4, 0.5) is 18.9 Å². The van der Waals surface area contributed by atoms with Gasteiger partial charge in [-0.05, 0) is 89.8 Å². The van der Waals surface area contributed by atoms with Gasteiger partial charge in [-0.1, -0.05) is 60.2 Å². The van der Waals surface area contributed by atoms with Gasteiger partial charge in [-0.3, -0.25) is 14.4 Å². The van der Waals surface area contributed by atoms with Crippen molar-refractivity contribution >= 4 is 23.5 Å². The van der Waals surface area contributed by atoms with E-state index in [2.05, 4.69) is 29.6 Å². The lowest BCUT2D eigenvalue weighted by Gasteiger charge is -2.21. The van der Waals surface area contributed by atoms with Crippen molar-refractivity contribution in [2.75, 3.05) is 19.0 Å². The summed E-state index contributed by atoms with van der Waals surface area (Å²) in [6.45, 7) is 1.47. The predicted octanol–water partition coefficient (Wildman–Crippen LogP) is 8.39. The summed E-state index contributed by atoms with van der Waals surface area (Å²) in [4.78, 5) is 38.7. The summed E-state index contributed by atoms with van der Waals surface area (Å²) in [7, 11) is 1.25. The first kappa shape index (κ1) is 35.2. The van der Waals surface area contributed by atoms with Crippen molar-refractivity contribution in [3.63, 3.8) is 0 Å². The number of amides is 2. The molecule has 256 valence electrons. The molecule has 5 aromatic carbocycles. The average molecular weight is 683 g/mol. The first-order valence-corrected chi connectivity index (χ1v) is 15.5. The van der Waals surface area contributed by atoms with E-state index in [4.69, 9.17) is 9.47 Å². The predicted molar refractivity (Wildman–Crippen MR) is 182 cm³/mol. The highest BCUT2D eigenvalue weighted by Crippen LogP contribution is 2.35. The number of carbonyl (C=O) groups excluding carboxylic acids is 2. The zero-order valence-electron chi connectivity index (χ0n) is 27.2. The Morgan fingerprint density at radius 3 is 1.88 bits per heavy atom. The van der Waals surface area contributed by atoms with Gasteiger partial charge in [0.15, 0.2) is 0 Å². The van der Waals surface area contributed by atoms with Crippen molar-refractivity contribution in [2.45, 2.75) is 26.1 Å². The molecule has 5 aromatic rings. The molecule has 50 heavy (non-hydrogen) atoms. The molecule has 0 radical (unpaired) electrons. The smallest absolute Gasteiger partial charge is 0.416 e. The van der Waals surface area contributed by atoms with Crippen molar-refractivity contribution in [1.29, 1.82) is 0 Å². The van der Waals surface area contributed by atoms with E-state index in [9.17, 15) is 32.7 Å². The molecule has 11 heteroatoms. The zero-order chi connectivity index (χ0) is 35.8. The largest absolute Gasteiger partial charge is 0.497 e. The third-order valence-electron chi connectivity index (χ3n) is 7.77. The number of carboxylic acids is 1. The number of hydrogen-bond acceptors (Lipinski definition) is 5. The van der Waals surface area contributed by atoms with Gasteiger partial charge in [0.05, 0.1) is 19.1 Å². The lowest BCUT2D eigenvalue weighted by molar-refractivity contribution is -0.139. The van der Waals surface area contributed by atoms with Crippen LogP contribution in [-0.4, -0.2) is 41.4 Å². The number of methoxy groups -OCH3 is 1. The second kappa shape index (κ2) is 15.4. The van der Waals surface area contributed by atoms with Gasteiger partial charge < -0.3 is 24.8 Å². The number of carbonyl (C=O) groups is 3. The highest BCUT2D eigenvalue weighted by Gasteiger charge is 2.34. The fourth-order valence-corrected chi connectivity index (χ4v) is 5.20. The summed E-state index contributed by atoms with van der Waals surface area (Å²) in [6.07, 6.45) is -5.23. The van der Waals surface area contributed by atoms with Gasteiger partial charge in [0, 0.05) is 17.8 Å². The second-order valence-electron chi connectivity index (χ2n) is 11.5. The van der Waals surface area contributed by atoms with Crippen LogP contribution in [-0.2, 0) is 28.7 Å². The van der Waals surface area contributed by atoms with Crippen molar-refractivity contribution < 1.29 is 42.1 Å². The molecule has 0 fully saturated rings. The van der Waals surface area contributed by atoms with Crippen molar-refractivity contribution in [1.82, 2.24) is 4.90 Å². The standard InChI is InChI=1S/C39H33F3N2O6/c1-25-3-7-27(8-4-25)28-11-18-33(19-12-28)50-32-16-5-26(6-17-32)23-44(24-37(46)47)38(48)29-9-14-31(15-10-29)43-36(45)21-30-13-20-34(49-2)22-35(30)39(40,41)42/h3-20,22H,21,23-24H2,1-2H3,(H,43,45)(H,46,47). The summed E-state index contributed by atoms with van der Waals surface area (Å²) in [6, 6.07) is 31.9. The van der Waals surface area contributed by atoms with E-state index in [1.807, 2.05) is 31.2 Å². The number of benzene rings is 5. The number of ether oxygens (including phenoxy) is 2. The molecular weight excluding hydrogens is 649 g/mol.